The van der Waals surface area contributed by atoms with E-state index < -0.39 is 6.04 Å². The maximum absolute atomic E-state index is 12.1. The van der Waals surface area contributed by atoms with Crippen molar-refractivity contribution in [3.63, 3.8) is 0 Å². The van der Waals surface area contributed by atoms with Crippen molar-refractivity contribution in [2.45, 2.75) is 78.4 Å². The lowest BCUT2D eigenvalue weighted by atomic mass is 9.70. The van der Waals surface area contributed by atoms with Crippen LogP contribution in [0.4, 0.5) is 0 Å². The third-order valence-electron chi connectivity index (χ3n) is 6.14. The van der Waals surface area contributed by atoms with Crippen molar-refractivity contribution in [1.29, 1.82) is 0 Å². The molecule has 0 aliphatic heterocycles. The average Bonchev–Trinajstić information content (AvgIpc) is 2.68. The van der Waals surface area contributed by atoms with E-state index in [1.807, 2.05) is 0 Å². The fourth-order valence-corrected chi connectivity index (χ4v) is 4.08. The summed E-state index contributed by atoms with van der Waals surface area (Å²) in [6.07, 6.45) is 6.35. The van der Waals surface area contributed by atoms with Crippen molar-refractivity contribution < 1.29 is 9.53 Å². The van der Waals surface area contributed by atoms with Gasteiger partial charge < -0.3 is 10.5 Å². The van der Waals surface area contributed by atoms with Crippen LogP contribution in [-0.2, 0) is 9.53 Å². The van der Waals surface area contributed by atoms with Gasteiger partial charge in [-0.15, -0.1) is 0 Å². The molecule has 0 amide bonds. The highest BCUT2D eigenvalue weighted by atomic mass is 16.5. The normalized spacial score (nSPS) is 37.3. The summed E-state index contributed by atoms with van der Waals surface area (Å²) in [7, 11) is 0. The van der Waals surface area contributed by atoms with E-state index in [0.29, 0.717) is 5.92 Å². The Bertz CT molecular complexity index is 353. The van der Waals surface area contributed by atoms with Crippen molar-refractivity contribution in [3.8, 4) is 0 Å². The second-order valence-corrected chi connectivity index (χ2v) is 7.28. The lowest BCUT2D eigenvalue weighted by molar-refractivity contribution is -0.158. The Hall–Kier alpha value is -0.570. The van der Waals surface area contributed by atoms with E-state index in [-0.39, 0.29) is 22.9 Å². The molecule has 0 aromatic carbocycles. The van der Waals surface area contributed by atoms with Crippen molar-refractivity contribution >= 4 is 5.97 Å². The smallest absolute Gasteiger partial charge is 0.323 e. The van der Waals surface area contributed by atoms with Gasteiger partial charge >= 0.3 is 5.97 Å². The predicted octanol–water partition coefficient (Wildman–Crippen LogP) is 3.26. The molecule has 2 saturated carbocycles. The zero-order valence-corrected chi connectivity index (χ0v) is 12.9. The Kier molecular flexibility index (Phi) is 3.97. The summed E-state index contributed by atoms with van der Waals surface area (Å²) in [6.45, 7) is 9.05. The molecule has 2 fully saturated rings. The van der Waals surface area contributed by atoms with E-state index >= 15 is 0 Å². The topological polar surface area (TPSA) is 52.3 Å². The van der Waals surface area contributed by atoms with Crippen molar-refractivity contribution in [2.75, 3.05) is 0 Å². The number of hydrogen-bond acceptors (Lipinski definition) is 3. The molecule has 2 bridgehead atoms. The Morgan fingerprint density at radius 1 is 1.42 bits per heavy atom. The van der Waals surface area contributed by atoms with Gasteiger partial charge in [0.15, 0.2) is 0 Å². The van der Waals surface area contributed by atoms with Crippen LogP contribution in [0, 0.1) is 16.7 Å². The molecule has 2 N–H and O–H groups in total. The molecule has 19 heavy (non-hydrogen) atoms. The zero-order valence-electron chi connectivity index (χ0n) is 12.9. The number of rotatable bonds is 5. The van der Waals surface area contributed by atoms with E-state index in [1.54, 1.807) is 0 Å². The van der Waals surface area contributed by atoms with Gasteiger partial charge in [0.25, 0.3) is 0 Å². The minimum atomic E-state index is -0.439. The minimum absolute atomic E-state index is 0.0708. The first-order valence-electron chi connectivity index (χ1n) is 7.79. The fourth-order valence-electron chi connectivity index (χ4n) is 4.08. The number of fused-ring (bicyclic) bond motifs is 2. The van der Waals surface area contributed by atoms with Crippen LogP contribution in [0.5, 0.6) is 0 Å². The molecule has 2 aliphatic carbocycles. The van der Waals surface area contributed by atoms with E-state index in [0.717, 1.165) is 25.7 Å². The van der Waals surface area contributed by atoms with Crippen LogP contribution in [0.15, 0.2) is 0 Å². The lowest BCUT2D eigenvalue weighted by Gasteiger charge is -2.38. The number of carbonyl (C=O) groups is 1. The highest BCUT2D eigenvalue weighted by Crippen LogP contribution is 2.66. The third kappa shape index (κ3) is 2.31. The molecule has 0 aromatic heterocycles. The monoisotopic (exact) mass is 267 g/mol. The van der Waals surface area contributed by atoms with Crippen LogP contribution in [0.1, 0.15) is 66.2 Å². The van der Waals surface area contributed by atoms with Crippen LogP contribution in [0.3, 0.4) is 0 Å². The van der Waals surface area contributed by atoms with Gasteiger partial charge in [-0.25, -0.2) is 0 Å². The molecular formula is C16H29NO2. The van der Waals surface area contributed by atoms with E-state index in [1.165, 1.54) is 12.8 Å². The SMILES string of the molecule is CCCC[C@@H](N)C(=O)O[C@@H]1C[C@@H]2CC[C@@]1(C)C2(C)C. The van der Waals surface area contributed by atoms with E-state index in [9.17, 15) is 4.79 Å². The molecule has 0 radical (unpaired) electrons. The van der Waals surface area contributed by atoms with Crippen LogP contribution in [0.25, 0.3) is 0 Å². The van der Waals surface area contributed by atoms with Crippen LogP contribution >= 0.6 is 0 Å². The van der Waals surface area contributed by atoms with Crippen molar-refractivity contribution in [1.82, 2.24) is 0 Å². The molecule has 0 aromatic rings. The second kappa shape index (κ2) is 5.08. The molecule has 0 spiro atoms. The van der Waals surface area contributed by atoms with Gasteiger partial charge in [-0.1, -0.05) is 40.5 Å². The number of unbranched alkanes of at least 4 members (excludes halogenated alkanes) is 1. The van der Waals surface area contributed by atoms with Gasteiger partial charge in [0.1, 0.15) is 12.1 Å². The minimum Gasteiger partial charge on any atom is -0.461 e. The highest BCUT2D eigenvalue weighted by Gasteiger charge is 2.62. The summed E-state index contributed by atoms with van der Waals surface area (Å²) in [5.74, 6) is 0.505. The maximum Gasteiger partial charge on any atom is 0.323 e. The second-order valence-electron chi connectivity index (χ2n) is 7.28. The van der Waals surface area contributed by atoms with E-state index in [2.05, 4.69) is 27.7 Å². The zero-order chi connectivity index (χ0) is 14.3. The standard InChI is InChI=1S/C16H29NO2/c1-5-6-7-12(17)14(18)19-13-10-11-8-9-16(13,4)15(11,2)3/h11-13H,5-10,17H2,1-4H3/t11-,12+,13+,16+/m0/s1. The van der Waals surface area contributed by atoms with Crippen LogP contribution < -0.4 is 5.73 Å². The number of carbonyl (C=O) groups excluding carboxylic acids is 1. The predicted molar refractivity (Wildman–Crippen MR) is 76.6 cm³/mol. The molecular weight excluding hydrogens is 238 g/mol. The molecule has 4 atom stereocenters. The summed E-state index contributed by atoms with van der Waals surface area (Å²) in [5, 5.41) is 0. The number of hydrogen-bond donors (Lipinski definition) is 1. The fraction of sp³-hybridized carbons (Fsp3) is 0.938. The van der Waals surface area contributed by atoms with Crippen molar-refractivity contribution in [2.24, 2.45) is 22.5 Å². The van der Waals surface area contributed by atoms with Gasteiger partial charge in [0.05, 0.1) is 0 Å². The molecule has 0 saturated heterocycles. The van der Waals surface area contributed by atoms with Crippen LogP contribution in [-0.4, -0.2) is 18.1 Å². The summed E-state index contributed by atoms with van der Waals surface area (Å²) < 4.78 is 5.78. The maximum atomic E-state index is 12.1. The quantitative estimate of drug-likeness (QED) is 0.778. The first-order valence-corrected chi connectivity index (χ1v) is 7.79. The number of ether oxygens (including phenoxy) is 1. The van der Waals surface area contributed by atoms with Gasteiger partial charge in [0, 0.05) is 5.41 Å². The Labute approximate surface area is 117 Å². The summed E-state index contributed by atoms with van der Waals surface area (Å²) in [5.41, 5.74) is 6.34. The van der Waals surface area contributed by atoms with Gasteiger partial charge in [0.2, 0.25) is 0 Å². The molecule has 3 nitrogen and oxygen atoms in total. The molecule has 3 heteroatoms. The van der Waals surface area contributed by atoms with Gasteiger partial charge in [-0.3, -0.25) is 4.79 Å². The summed E-state index contributed by atoms with van der Waals surface area (Å²) in [4.78, 5) is 12.1. The molecule has 0 heterocycles. The number of esters is 1. The Morgan fingerprint density at radius 2 is 2.11 bits per heavy atom. The largest absolute Gasteiger partial charge is 0.461 e. The van der Waals surface area contributed by atoms with Gasteiger partial charge in [-0.05, 0) is 37.0 Å². The first kappa shape index (κ1) is 14.8. The summed E-state index contributed by atoms with van der Waals surface area (Å²) >= 11 is 0. The third-order valence-corrected chi connectivity index (χ3v) is 6.14. The molecule has 2 rings (SSSR count). The van der Waals surface area contributed by atoms with Crippen LogP contribution in [0.2, 0.25) is 0 Å². The first-order chi connectivity index (χ1) is 8.83. The number of nitrogens with two attached hydrogens (primary N) is 1. The average molecular weight is 267 g/mol. The highest BCUT2D eigenvalue weighted by molar-refractivity contribution is 5.75. The van der Waals surface area contributed by atoms with E-state index in [4.69, 9.17) is 10.5 Å². The molecule has 110 valence electrons. The van der Waals surface area contributed by atoms with Gasteiger partial charge in [-0.2, -0.15) is 0 Å². The lowest BCUT2D eigenvalue weighted by Crippen LogP contribution is -2.42. The Morgan fingerprint density at radius 3 is 2.58 bits per heavy atom. The summed E-state index contributed by atoms with van der Waals surface area (Å²) in [6, 6.07) is -0.439. The molecule has 0 unspecified atom stereocenters. The molecule has 2 aliphatic rings. The van der Waals surface area contributed by atoms with Crippen molar-refractivity contribution in [3.05, 3.63) is 0 Å². The Balaban J connectivity index is 1.96.